The largest absolute Gasteiger partial charge is 0.508 e. The summed E-state index contributed by atoms with van der Waals surface area (Å²) in [5, 5.41) is 27.4. The smallest absolute Gasteiger partial charge is 0.326 e. The van der Waals surface area contributed by atoms with Crippen LogP contribution in [0.25, 0.3) is 0 Å². The number of carbonyl (C=O) groups is 5. The Labute approximate surface area is 262 Å². The zero-order chi connectivity index (χ0) is 32.9. The number of rotatable bonds is 16. The number of nitrogens with two attached hydrogens (primary N) is 2. The van der Waals surface area contributed by atoms with Crippen LogP contribution in [-0.2, 0) is 36.8 Å². The fourth-order valence-corrected chi connectivity index (χ4v) is 5.22. The molecule has 0 aliphatic carbocycles. The molecule has 13 heteroatoms. The minimum absolute atomic E-state index is 0.0259. The average molecular weight is 625 g/mol. The van der Waals surface area contributed by atoms with Crippen LogP contribution in [0.15, 0.2) is 54.6 Å². The quantitative estimate of drug-likeness (QED) is 0.127. The van der Waals surface area contributed by atoms with Crippen molar-refractivity contribution in [2.24, 2.45) is 11.5 Å². The summed E-state index contributed by atoms with van der Waals surface area (Å²) in [7, 11) is 0. The Morgan fingerprint density at radius 3 is 2.11 bits per heavy atom. The number of carbonyl (C=O) groups excluding carboxylic acids is 4. The maximum atomic E-state index is 13.7. The molecule has 9 N–H and O–H groups in total. The number of aliphatic carboxylic acids is 1. The third-order valence-corrected chi connectivity index (χ3v) is 7.72. The minimum Gasteiger partial charge on any atom is -0.508 e. The van der Waals surface area contributed by atoms with Gasteiger partial charge in [-0.05, 0) is 68.8 Å². The van der Waals surface area contributed by atoms with E-state index < -0.39 is 59.8 Å². The van der Waals surface area contributed by atoms with Crippen molar-refractivity contribution in [1.29, 1.82) is 0 Å². The number of amides is 4. The highest BCUT2D eigenvalue weighted by Crippen LogP contribution is 2.21. The molecule has 244 valence electrons. The van der Waals surface area contributed by atoms with Crippen LogP contribution in [0.4, 0.5) is 0 Å². The lowest BCUT2D eigenvalue weighted by Gasteiger charge is -2.30. The molecule has 3 rings (SSSR count). The molecule has 2 aromatic rings. The van der Waals surface area contributed by atoms with Gasteiger partial charge in [0, 0.05) is 19.4 Å². The number of carboxylic acids is 1. The van der Waals surface area contributed by atoms with Crippen molar-refractivity contribution in [3.63, 3.8) is 0 Å². The van der Waals surface area contributed by atoms with E-state index in [1.807, 2.05) is 6.07 Å². The molecule has 0 spiro atoms. The van der Waals surface area contributed by atoms with Gasteiger partial charge in [0.2, 0.25) is 23.6 Å². The standard InChI is InChI=1S/C32H44N6O7/c1-20(34)28(40)35-24(10-5-6-16-33)31(43)38-17-7-11-27(38)30(42)36-25(18-21-8-3-2-4-9-21)29(41)37-26(32(44)45)19-22-12-14-23(39)15-13-22/h2-4,8-9,12-15,20,24-27,39H,5-7,10-11,16-19,33-34H2,1H3,(H,35,40)(H,36,42)(H,37,41)(H,44,45)/t20-,24-,25-,26-,27-/m0/s1. The summed E-state index contributed by atoms with van der Waals surface area (Å²) >= 11 is 0. The van der Waals surface area contributed by atoms with Gasteiger partial charge in [-0.1, -0.05) is 42.5 Å². The molecule has 0 bridgehead atoms. The van der Waals surface area contributed by atoms with Crippen LogP contribution in [0.2, 0.25) is 0 Å². The zero-order valence-electron chi connectivity index (χ0n) is 25.5. The van der Waals surface area contributed by atoms with E-state index in [2.05, 4.69) is 16.0 Å². The summed E-state index contributed by atoms with van der Waals surface area (Å²) in [6.45, 7) is 2.24. The van der Waals surface area contributed by atoms with Gasteiger partial charge in [-0.25, -0.2) is 4.79 Å². The lowest BCUT2D eigenvalue weighted by molar-refractivity contribution is -0.143. The highest BCUT2D eigenvalue weighted by atomic mass is 16.4. The predicted octanol–water partition coefficient (Wildman–Crippen LogP) is 0.184. The predicted molar refractivity (Wildman–Crippen MR) is 167 cm³/mol. The van der Waals surface area contributed by atoms with Gasteiger partial charge in [0.25, 0.3) is 0 Å². The van der Waals surface area contributed by atoms with Crippen molar-refractivity contribution in [3.8, 4) is 5.75 Å². The second kappa shape index (κ2) is 17.1. The molecule has 5 atom stereocenters. The topological polar surface area (TPSA) is 217 Å². The number of phenolic OH excluding ortho intramolecular Hbond substituents is 1. The Bertz CT molecular complexity index is 1300. The number of hydrogen-bond donors (Lipinski definition) is 7. The van der Waals surface area contributed by atoms with Crippen molar-refractivity contribution < 1.29 is 34.2 Å². The van der Waals surface area contributed by atoms with Crippen LogP contribution < -0.4 is 27.4 Å². The van der Waals surface area contributed by atoms with E-state index in [1.54, 1.807) is 36.4 Å². The van der Waals surface area contributed by atoms with E-state index in [-0.39, 0.29) is 18.6 Å². The number of phenols is 1. The van der Waals surface area contributed by atoms with E-state index >= 15 is 0 Å². The third-order valence-electron chi connectivity index (χ3n) is 7.72. The summed E-state index contributed by atoms with van der Waals surface area (Å²) in [5.74, 6) is -3.38. The molecule has 0 saturated carbocycles. The maximum Gasteiger partial charge on any atom is 0.326 e. The van der Waals surface area contributed by atoms with E-state index in [1.165, 1.54) is 24.0 Å². The van der Waals surface area contributed by atoms with Gasteiger partial charge in [-0.15, -0.1) is 0 Å². The first-order chi connectivity index (χ1) is 21.5. The molecule has 0 radical (unpaired) electrons. The summed E-state index contributed by atoms with van der Waals surface area (Å²) in [4.78, 5) is 66.7. The van der Waals surface area contributed by atoms with E-state index in [0.717, 1.165) is 5.56 Å². The lowest BCUT2D eigenvalue weighted by atomic mass is 10.0. The number of benzene rings is 2. The molecule has 45 heavy (non-hydrogen) atoms. The van der Waals surface area contributed by atoms with E-state index in [4.69, 9.17) is 11.5 Å². The Morgan fingerprint density at radius 1 is 0.867 bits per heavy atom. The van der Waals surface area contributed by atoms with Crippen LogP contribution >= 0.6 is 0 Å². The molecule has 13 nitrogen and oxygen atoms in total. The Morgan fingerprint density at radius 2 is 1.49 bits per heavy atom. The van der Waals surface area contributed by atoms with Gasteiger partial charge in [0.05, 0.1) is 6.04 Å². The number of nitrogens with one attached hydrogen (secondary N) is 3. The first kappa shape index (κ1) is 35.0. The van der Waals surface area contributed by atoms with Crippen LogP contribution in [0.3, 0.4) is 0 Å². The molecule has 2 aromatic carbocycles. The van der Waals surface area contributed by atoms with Crippen LogP contribution in [0.1, 0.15) is 50.2 Å². The highest BCUT2D eigenvalue weighted by molar-refractivity contribution is 5.95. The highest BCUT2D eigenvalue weighted by Gasteiger charge is 2.39. The Kier molecular flexibility index (Phi) is 13.3. The molecular formula is C32H44N6O7. The molecule has 1 heterocycles. The molecule has 4 amide bonds. The van der Waals surface area contributed by atoms with Gasteiger partial charge in [0.1, 0.15) is 29.9 Å². The summed E-state index contributed by atoms with van der Waals surface area (Å²) in [6, 6.07) is 9.89. The molecule has 1 aliphatic heterocycles. The van der Waals surface area contributed by atoms with Crippen LogP contribution in [0, 0.1) is 0 Å². The van der Waals surface area contributed by atoms with Crippen molar-refractivity contribution >= 4 is 29.6 Å². The molecule has 0 unspecified atom stereocenters. The first-order valence-electron chi connectivity index (χ1n) is 15.2. The SMILES string of the molecule is C[C@H](N)C(=O)N[C@@H](CCCCN)C(=O)N1CCC[C@H]1C(=O)N[C@@H](Cc1ccccc1)C(=O)N[C@@H](Cc1ccc(O)cc1)C(=O)O. The average Bonchev–Trinajstić information content (AvgIpc) is 3.51. The Hall–Kier alpha value is -4.49. The number of unbranched alkanes of at least 4 members (excludes halogenated alkanes) is 1. The zero-order valence-corrected chi connectivity index (χ0v) is 25.5. The van der Waals surface area contributed by atoms with Crippen molar-refractivity contribution in [3.05, 3.63) is 65.7 Å². The number of likely N-dealkylation sites (tertiary alicyclic amines) is 1. The second-order valence-corrected chi connectivity index (χ2v) is 11.3. The van der Waals surface area contributed by atoms with Crippen LogP contribution in [-0.4, -0.2) is 88.0 Å². The number of nitrogens with zero attached hydrogens (tertiary/aromatic N) is 1. The second-order valence-electron chi connectivity index (χ2n) is 11.3. The van der Waals surface area contributed by atoms with Crippen molar-refractivity contribution in [2.45, 2.75) is 82.1 Å². The van der Waals surface area contributed by atoms with Crippen molar-refractivity contribution in [1.82, 2.24) is 20.9 Å². The molecule has 1 saturated heterocycles. The van der Waals surface area contributed by atoms with Gasteiger partial charge in [-0.2, -0.15) is 0 Å². The maximum absolute atomic E-state index is 13.7. The summed E-state index contributed by atoms with van der Waals surface area (Å²) in [6.07, 6.45) is 2.51. The first-order valence-corrected chi connectivity index (χ1v) is 15.2. The monoisotopic (exact) mass is 624 g/mol. The number of carboxylic acid groups (broad SMARTS) is 1. The Balaban J connectivity index is 1.78. The molecule has 1 aliphatic rings. The fraction of sp³-hybridized carbons (Fsp3) is 0.469. The van der Waals surface area contributed by atoms with Crippen molar-refractivity contribution in [2.75, 3.05) is 13.1 Å². The van der Waals surface area contributed by atoms with Gasteiger partial charge in [-0.3, -0.25) is 19.2 Å². The summed E-state index contributed by atoms with van der Waals surface area (Å²) < 4.78 is 0. The normalized spacial score (nSPS) is 17.0. The van der Waals surface area contributed by atoms with Gasteiger partial charge >= 0.3 is 5.97 Å². The minimum atomic E-state index is -1.30. The number of aromatic hydroxyl groups is 1. The fourth-order valence-electron chi connectivity index (χ4n) is 5.22. The van der Waals surface area contributed by atoms with Gasteiger partial charge in [0.15, 0.2) is 0 Å². The third kappa shape index (κ3) is 10.6. The van der Waals surface area contributed by atoms with Gasteiger partial charge < -0.3 is 42.5 Å². The molecule has 1 fully saturated rings. The van der Waals surface area contributed by atoms with Crippen LogP contribution in [0.5, 0.6) is 5.75 Å². The summed E-state index contributed by atoms with van der Waals surface area (Å²) in [5.41, 5.74) is 12.6. The molecule has 0 aromatic heterocycles. The lowest BCUT2D eigenvalue weighted by Crippen LogP contribution is -2.58. The van der Waals surface area contributed by atoms with E-state index in [0.29, 0.717) is 50.8 Å². The van der Waals surface area contributed by atoms with E-state index in [9.17, 15) is 34.2 Å². The number of hydrogen-bond acceptors (Lipinski definition) is 8. The molecular weight excluding hydrogens is 580 g/mol.